The second-order valence-electron chi connectivity index (χ2n) is 6.39. The highest BCUT2D eigenvalue weighted by Crippen LogP contribution is 2.19. The van der Waals surface area contributed by atoms with Gasteiger partial charge in [-0.05, 0) is 45.4 Å². The number of carbonyl (C=O) groups is 1. The minimum absolute atomic E-state index is 0.177. The van der Waals surface area contributed by atoms with Crippen LogP contribution >= 0.6 is 0 Å². The van der Waals surface area contributed by atoms with E-state index in [9.17, 15) is 4.79 Å². The van der Waals surface area contributed by atoms with Gasteiger partial charge in [-0.2, -0.15) is 0 Å². The molecule has 0 aliphatic carbocycles. The number of carbonyl (C=O) groups excluding carboxylic acids is 1. The molecule has 0 aliphatic rings. The fourth-order valence-corrected chi connectivity index (χ4v) is 2.13. The van der Waals surface area contributed by atoms with Crippen LogP contribution in [0.4, 0.5) is 0 Å². The summed E-state index contributed by atoms with van der Waals surface area (Å²) in [6, 6.07) is 5.98. The Morgan fingerprint density at radius 3 is 2.61 bits per heavy atom. The fourth-order valence-electron chi connectivity index (χ4n) is 2.13. The van der Waals surface area contributed by atoms with Crippen molar-refractivity contribution < 1.29 is 9.53 Å². The average molecular weight is 310 g/mol. The summed E-state index contributed by atoms with van der Waals surface area (Å²) in [4.78, 5) is 28.0. The third-order valence-electron chi connectivity index (χ3n) is 3.14. The Morgan fingerprint density at radius 2 is 1.96 bits per heavy atom. The van der Waals surface area contributed by atoms with Crippen LogP contribution in [0.1, 0.15) is 36.8 Å². The van der Waals surface area contributed by atoms with E-state index < -0.39 is 11.6 Å². The topological polar surface area (TPSA) is 80.8 Å². The molecule has 0 unspecified atom stereocenters. The summed E-state index contributed by atoms with van der Waals surface area (Å²) < 4.78 is 5.27. The van der Waals surface area contributed by atoms with E-state index in [2.05, 4.69) is 19.9 Å². The smallest absolute Gasteiger partial charge is 0.359 e. The Bertz CT molecular complexity index is 860. The summed E-state index contributed by atoms with van der Waals surface area (Å²) in [5.41, 5.74) is 3.15. The Hall–Kier alpha value is -2.76. The molecule has 1 N–H and O–H groups in total. The van der Waals surface area contributed by atoms with Crippen molar-refractivity contribution in [1.82, 2.24) is 19.9 Å². The van der Waals surface area contributed by atoms with Crippen molar-refractivity contribution in [2.24, 2.45) is 0 Å². The summed E-state index contributed by atoms with van der Waals surface area (Å²) in [5.74, 6) is 0.130. The summed E-state index contributed by atoms with van der Waals surface area (Å²) >= 11 is 0. The first-order chi connectivity index (χ1) is 10.8. The van der Waals surface area contributed by atoms with E-state index in [1.807, 2.05) is 45.9 Å². The number of nitrogens with zero attached hydrogens (tertiary/aromatic N) is 3. The highest BCUT2D eigenvalue weighted by atomic mass is 16.6. The number of esters is 1. The molecule has 3 rings (SSSR count). The molecule has 2 aromatic heterocycles. The van der Waals surface area contributed by atoms with Crippen LogP contribution in [0.15, 0.2) is 30.6 Å². The average Bonchev–Trinajstić information content (AvgIpc) is 2.88. The van der Waals surface area contributed by atoms with E-state index in [0.717, 1.165) is 16.6 Å². The number of benzene rings is 1. The standard InChI is InChI=1S/C17H18N4O2/c1-10-5-6-11-12(7-10)21-15(20-11)13-8-19-14(9-18-13)16(22)23-17(2,3)4/h5-9H,1-4H3,(H,20,21). The predicted molar refractivity (Wildman–Crippen MR) is 87.0 cm³/mol. The van der Waals surface area contributed by atoms with E-state index in [1.54, 1.807) is 0 Å². The number of hydrogen-bond donors (Lipinski definition) is 1. The summed E-state index contributed by atoms with van der Waals surface area (Å²) in [7, 11) is 0. The fraction of sp³-hybridized carbons (Fsp3) is 0.294. The number of hydrogen-bond acceptors (Lipinski definition) is 5. The Morgan fingerprint density at radius 1 is 1.17 bits per heavy atom. The van der Waals surface area contributed by atoms with Crippen molar-refractivity contribution in [2.45, 2.75) is 33.3 Å². The number of fused-ring (bicyclic) bond motifs is 1. The van der Waals surface area contributed by atoms with E-state index in [4.69, 9.17) is 4.74 Å². The number of imidazole rings is 1. The molecule has 0 aliphatic heterocycles. The number of aromatic nitrogens is 4. The van der Waals surface area contributed by atoms with Gasteiger partial charge in [0, 0.05) is 0 Å². The van der Waals surface area contributed by atoms with Gasteiger partial charge in [0.15, 0.2) is 11.5 Å². The first-order valence-electron chi connectivity index (χ1n) is 7.34. The van der Waals surface area contributed by atoms with Crippen molar-refractivity contribution >= 4 is 17.0 Å². The van der Waals surface area contributed by atoms with Crippen molar-refractivity contribution in [3.05, 3.63) is 41.9 Å². The minimum atomic E-state index is -0.561. The highest BCUT2D eigenvalue weighted by Gasteiger charge is 2.19. The number of ether oxygens (including phenoxy) is 1. The van der Waals surface area contributed by atoms with Gasteiger partial charge >= 0.3 is 5.97 Å². The van der Waals surface area contributed by atoms with Gasteiger partial charge in [0.25, 0.3) is 0 Å². The Labute approximate surface area is 134 Å². The maximum atomic E-state index is 11.9. The molecule has 3 aromatic rings. The number of aryl methyl sites for hydroxylation is 1. The highest BCUT2D eigenvalue weighted by molar-refractivity contribution is 5.87. The van der Waals surface area contributed by atoms with E-state index in [1.165, 1.54) is 12.4 Å². The second kappa shape index (κ2) is 5.46. The lowest BCUT2D eigenvalue weighted by molar-refractivity contribution is 0.00624. The molecule has 6 nitrogen and oxygen atoms in total. The van der Waals surface area contributed by atoms with Crippen LogP contribution in [0, 0.1) is 6.92 Å². The van der Waals surface area contributed by atoms with Crippen LogP contribution in [0.2, 0.25) is 0 Å². The molecule has 0 bridgehead atoms. The first-order valence-corrected chi connectivity index (χ1v) is 7.34. The second-order valence-corrected chi connectivity index (χ2v) is 6.39. The normalized spacial score (nSPS) is 11.7. The van der Waals surface area contributed by atoms with Crippen molar-refractivity contribution in [3.63, 3.8) is 0 Å². The number of rotatable bonds is 2. The summed E-state index contributed by atoms with van der Waals surface area (Å²) in [5, 5.41) is 0. The van der Waals surface area contributed by atoms with Gasteiger partial charge in [0.1, 0.15) is 11.3 Å². The van der Waals surface area contributed by atoms with Crippen LogP contribution in [0.25, 0.3) is 22.6 Å². The molecule has 0 fully saturated rings. The lowest BCUT2D eigenvalue weighted by Crippen LogP contribution is -2.24. The first kappa shape index (κ1) is 15.1. The number of H-pyrrole nitrogens is 1. The number of nitrogens with one attached hydrogen (secondary N) is 1. The van der Waals surface area contributed by atoms with Crippen molar-refractivity contribution in [2.75, 3.05) is 0 Å². The number of aromatic amines is 1. The molecule has 2 heterocycles. The van der Waals surface area contributed by atoms with Crippen LogP contribution in [0.3, 0.4) is 0 Å². The lowest BCUT2D eigenvalue weighted by atomic mass is 10.2. The molecular formula is C17H18N4O2. The molecule has 0 spiro atoms. The van der Waals surface area contributed by atoms with Gasteiger partial charge in [-0.25, -0.2) is 19.7 Å². The zero-order chi connectivity index (χ0) is 16.6. The lowest BCUT2D eigenvalue weighted by Gasteiger charge is -2.18. The van der Waals surface area contributed by atoms with Gasteiger partial charge in [0.05, 0.1) is 23.4 Å². The molecular weight excluding hydrogens is 292 g/mol. The monoisotopic (exact) mass is 310 g/mol. The van der Waals surface area contributed by atoms with Gasteiger partial charge in [-0.1, -0.05) is 6.07 Å². The van der Waals surface area contributed by atoms with Gasteiger partial charge in [-0.15, -0.1) is 0 Å². The molecule has 1 aromatic carbocycles. The van der Waals surface area contributed by atoms with Crippen molar-refractivity contribution in [1.29, 1.82) is 0 Å². The molecule has 0 amide bonds. The molecule has 0 saturated heterocycles. The van der Waals surface area contributed by atoms with E-state index in [0.29, 0.717) is 11.5 Å². The third-order valence-corrected chi connectivity index (χ3v) is 3.14. The van der Waals surface area contributed by atoms with Gasteiger partial charge in [0.2, 0.25) is 0 Å². The molecule has 6 heteroatoms. The largest absolute Gasteiger partial charge is 0.455 e. The van der Waals surface area contributed by atoms with Crippen LogP contribution in [-0.2, 0) is 4.74 Å². The van der Waals surface area contributed by atoms with E-state index in [-0.39, 0.29) is 5.69 Å². The molecule has 0 atom stereocenters. The molecule has 118 valence electrons. The van der Waals surface area contributed by atoms with Crippen molar-refractivity contribution in [3.8, 4) is 11.5 Å². The Kier molecular flexibility index (Phi) is 3.60. The van der Waals surface area contributed by atoms with Gasteiger partial charge < -0.3 is 9.72 Å². The molecule has 0 radical (unpaired) electrons. The predicted octanol–water partition coefficient (Wildman–Crippen LogP) is 3.28. The molecule has 23 heavy (non-hydrogen) atoms. The zero-order valence-electron chi connectivity index (χ0n) is 13.5. The maximum Gasteiger partial charge on any atom is 0.359 e. The van der Waals surface area contributed by atoms with Gasteiger partial charge in [-0.3, -0.25) is 0 Å². The molecule has 0 saturated carbocycles. The van der Waals surface area contributed by atoms with E-state index >= 15 is 0 Å². The Balaban J connectivity index is 1.87. The minimum Gasteiger partial charge on any atom is -0.455 e. The third kappa shape index (κ3) is 3.36. The summed E-state index contributed by atoms with van der Waals surface area (Å²) in [6.07, 6.45) is 2.92. The quantitative estimate of drug-likeness (QED) is 0.735. The van der Waals surface area contributed by atoms with Crippen LogP contribution in [0.5, 0.6) is 0 Å². The van der Waals surface area contributed by atoms with Crippen LogP contribution < -0.4 is 0 Å². The SMILES string of the molecule is Cc1ccc2nc(-c3cnc(C(=O)OC(C)(C)C)cn3)[nH]c2c1. The summed E-state index contributed by atoms with van der Waals surface area (Å²) in [6.45, 7) is 7.45. The maximum absolute atomic E-state index is 11.9. The van der Waals surface area contributed by atoms with Crippen LogP contribution in [-0.4, -0.2) is 31.5 Å². The zero-order valence-corrected chi connectivity index (χ0v) is 13.5.